The van der Waals surface area contributed by atoms with Crippen LogP contribution in [0.5, 0.6) is 11.8 Å². The average Bonchev–Trinajstić information content (AvgIpc) is 3.67. The highest BCUT2D eigenvalue weighted by Gasteiger charge is 2.54. The SMILES string of the molecule is C=S(=O)(CC1CC1)C1CN(c2ncc(Oc3nc4c(c(N5CC6C(N)C6C5)n3)-c3cc(F)cc(C)c3C4)cn2)C1. The molecular weight excluding hydrogens is 529 g/mol. The van der Waals surface area contributed by atoms with E-state index in [1.54, 1.807) is 24.5 Å². The van der Waals surface area contributed by atoms with E-state index in [0.717, 1.165) is 52.6 Å². The van der Waals surface area contributed by atoms with Crippen LogP contribution in [-0.4, -0.2) is 73.2 Å². The number of halogens is 1. The summed E-state index contributed by atoms with van der Waals surface area (Å²) in [5.41, 5.74) is 10.8. The Bertz CT molecular complexity index is 1630. The number of anilines is 2. The molecule has 2 aliphatic heterocycles. The van der Waals surface area contributed by atoms with E-state index in [0.29, 0.717) is 49.0 Å². The normalized spacial score (nSPS) is 26.1. The van der Waals surface area contributed by atoms with Crippen molar-refractivity contribution in [2.45, 2.75) is 37.5 Å². The minimum Gasteiger partial charge on any atom is -0.421 e. The molecular formula is C29H32FN7O2S. The number of piperidine rings is 1. The van der Waals surface area contributed by atoms with Gasteiger partial charge in [0.1, 0.15) is 11.6 Å². The quantitative estimate of drug-likeness (QED) is 0.341. The lowest BCUT2D eigenvalue weighted by Crippen LogP contribution is -2.56. The lowest BCUT2D eigenvalue weighted by Gasteiger charge is -2.40. The van der Waals surface area contributed by atoms with Gasteiger partial charge in [-0.1, -0.05) is 0 Å². The summed E-state index contributed by atoms with van der Waals surface area (Å²) in [6.45, 7) is 4.91. The zero-order valence-electron chi connectivity index (χ0n) is 22.4. The summed E-state index contributed by atoms with van der Waals surface area (Å²) < 4.78 is 33.5. The monoisotopic (exact) mass is 561 g/mol. The van der Waals surface area contributed by atoms with Crippen LogP contribution < -0.4 is 20.3 Å². The van der Waals surface area contributed by atoms with E-state index in [1.165, 1.54) is 12.8 Å². The van der Waals surface area contributed by atoms with E-state index in [9.17, 15) is 8.60 Å². The zero-order chi connectivity index (χ0) is 27.3. The van der Waals surface area contributed by atoms with Crippen LogP contribution in [0.3, 0.4) is 0 Å². The molecule has 2 aromatic heterocycles. The predicted molar refractivity (Wildman–Crippen MR) is 153 cm³/mol. The Hall–Kier alpha value is -3.31. The van der Waals surface area contributed by atoms with Crippen LogP contribution in [-0.2, 0) is 15.9 Å². The lowest BCUT2D eigenvalue weighted by atomic mass is 10.0. The maximum absolute atomic E-state index is 14.4. The molecule has 2 saturated carbocycles. The second-order valence-corrected chi connectivity index (χ2v) is 15.0. The van der Waals surface area contributed by atoms with Gasteiger partial charge in [0.2, 0.25) is 5.95 Å². The molecule has 5 aliphatic rings. The number of aryl methyl sites for hydroxylation is 1. The highest BCUT2D eigenvalue weighted by molar-refractivity contribution is 8.01. The van der Waals surface area contributed by atoms with Crippen molar-refractivity contribution in [1.82, 2.24) is 19.9 Å². The van der Waals surface area contributed by atoms with Crippen molar-refractivity contribution in [2.24, 2.45) is 23.5 Å². The number of hydrogen-bond donors (Lipinski definition) is 1. The molecule has 0 bridgehead atoms. The molecule has 8 rings (SSSR count). The van der Waals surface area contributed by atoms with Crippen LogP contribution >= 0.6 is 0 Å². The summed E-state index contributed by atoms with van der Waals surface area (Å²) in [6, 6.07) is 3.64. The molecule has 3 atom stereocenters. The first kappa shape index (κ1) is 24.5. The van der Waals surface area contributed by atoms with E-state index < -0.39 is 9.52 Å². The molecule has 208 valence electrons. The summed E-state index contributed by atoms with van der Waals surface area (Å²) in [5.74, 6) is 7.87. The summed E-state index contributed by atoms with van der Waals surface area (Å²) in [4.78, 5) is 22.8. The molecule has 0 spiro atoms. The number of rotatable bonds is 7. The Kier molecular flexibility index (Phi) is 5.26. The van der Waals surface area contributed by atoms with E-state index in [4.69, 9.17) is 20.4 Å². The third-order valence-corrected chi connectivity index (χ3v) is 11.9. The number of ether oxygens (including phenoxy) is 1. The average molecular weight is 562 g/mol. The minimum atomic E-state index is -2.07. The van der Waals surface area contributed by atoms with Gasteiger partial charge in [-0.25, -0.2) is 14.4 Å². The Labute approximate surface area is 233 Å². The van der Waals surface area contributed by atoms with Crippen LogP contribution in [0.1, 0.15) is 29.7 Å². The van der Waals surface area contributed by atoms with Crippen molar-refractivity contribution in [2.75, 3.05) is 41.7 Å². The molecule has 0 radical (unpaired) electrons. The van der Waals surface area contributed by atoms with Gasteiger partial charge in [0.05, 0.1) is 23.3 Å². The Morgan fingerprint density at radius 2 is 1.82 bits per heavy atom. The van der Waals surface area contributed by atoms with Crippen molar-refractivity contribution < 1.29 is 13.3 Å². The molecule has 2 saturated heterocycles. The smallest absolute Gasteiger partial charge is 0.324 e. The molecule has 3 aliphatic carbocycles. The lowest BCUT2D eigenvalue weighted by molar-refractivity contribution is 0.435. The Morgan fingerprint density at radius 1 is 1.10 bits per heavy atom. The molecule has 11 heteroatoms. The number of hydrogen-bond acceptors (Lipinski definition) is 9. The minimum absolute atomic E-state index is 0.0956. The van der Waals surface area contributed by atoms with E-state index in [1.807, 2.05) is 11.8 Å². The Morgan fingerprint density at radius 3 is 2.52 bits per heavy atom. The highest BCUT2D eigenvalue weighted by atomic mass is 32.2. The fourth-order valence-corrected chi connectivity index (χ4v) is 8.92. The fourth-order valence-electron chi connectivity index (χ4n) is 6.62. The van der Waals surface area contributed by atoms with Gasteiger partial charge in [-0.05, 0) is 81.7 Å². The van der Waals surface area contributed by atoms with Crippen LogP contribution in [0.25, 0.3) is 11.1 Å². The summed E-state index contributed by atoms with van der Waals surface area (Å²) >= 11 is 0. The van der Waals surface area contributed by atoms with Crippen molar-refractivity contribution in [3.05, 3.63) is 47.2 Å². The molecule has 4 heterocycles. The van der Waals surface area contributed by atoms with Crippen LogP contribution in [0.4, 0.5) is 16.2 Å². The number of fused-ring (bicyclic) bond motifs is 4. The topological polar surface area (TPSA) is 110 Å². The van der Waals surface area contributed by atoms with Gasteiger partial charge < -0.3 is 20.3 Å². The molecule has 0 amide bonds. The maximum atomic E-state index is 14.4. The second kappa shape index (κ2) is 8.59. The van der Waals surface area contributed by atoms with E-state index in [-0.39, 0.29) is 23.1 Å². The molecule has 2 N–H and O–H groups in total. The highest BCUT2D eigenvalue weighted by Crippen LogP contribution is 2.49. The first-order valence-electron chi connectivity index (χ1n) is 14.0. The molecule has 4 fully saturated rings. The number of benzene rings is 1. The molecule has 9 nitrogen and oxygen atoms in total. The maximum Gasteiger partial charge on any atom is 0.324 e. The van der Waals surface area contributed by atoms with Crippen molar-refractivity contribution >= 4 is 27.2 Å². The molecule has 40 heavy (non-hydrogen) atoms. The standard InChI is InChI=1S/C29H32FN7O2S/c1-15-5-17(30)6-21-20(15)7-24-25(21)27(36-12-22-23(13-36)26(22)31)35-29(34-24)39-18-8-32-28(33-9-18)37-10-19(11-37)40(2,38)14-16-3-4-16/h5-6,8-9,16,19,22-23,26H,2-4,7,10-14,31H2,1H3. The first-order chi connectivity index (χ1) is 19.2. The van der Waals surface area contributed by atoms with E-state index >= 15 is 0 Å². The van der Waals surface area contributed by atoms with Gasteiger partial charge in [0.25, 0.3) is 0 Å². The second-order valence-electron chi connectivity index (χ2n) is 12.2. The van der Waals surface area contributed by atoms with Gasteiger partial charge in [-0.15, -0.1) is 0 Å². The van der Waals surface area contributed by atoms with Gasteiger partial charge in [0.15, 0.2) is 5.75 Å². The number of nitrogens with two attached hydrogens (primary N) is 1. The van der Waals surface area contributed by atoms with Gasteiger partial charge in [0, 0.05) is 50.0 Å². The third-order valence-electron chi connectivity index (χ3n) is 9.33. The third kappa shape index (κ3) is 4.04. The first-order valence-corrected chi connectivity index (χ1v) is 16.0. The Balaban J connectivity index is 1.03. The fraction of sp³-hybridized carbons (Fsp3) is 0.483. The van der Waals surface area contributed by atoms with Crippen molar-refractivity contribution in [1.29, 1.82) is 0 Å². The van der Waals surface area contributed by atoms with E-state index in [2.05, 4.69) is 20.7 Å². The summed E-state index contributed by atoms with van der Waals surface area (Å²) in [6.07, 6.45) is 6.21. The van der Waals surface area contributed by atoms with Crippen LogP contribution in [0.2, 0.25) is 0 Å². The summed E-state index contributed by atoms with van der Waals surface area (Å²) in [7, 11) is -2.07. The zero-order valence-corrected chi connectivity index (χ0v) is 23.2. The van der Waals surface area contributed by atoms with Gasteiger partial charge in [-0.2, -0.15) is 9.97 Å². The predicted octanol–water partition coefficient (Wildman–Crippen LogP) is 2.79. The largest absolute Gasteiger partial charge is 0.421 e. The molecule has 3 aromatic rings. The van der Waals surface area contributed by atoms with Crippen LogP contribution in [0.15, 0.2) is 24.5 Å². The van der Waals surface area contributed by atoms with Gasteiger partial charge in [-0.3, -0.25) is 4.21 Å². The molecule has 3 unspecified atom stereocenters. The van der Waals surface area contributed by atoms with Gasteiger partial charge >= 0.3 is 6.01 Å². The van der Waals surface area contributed by atoms with Crippen molar-refractivity contribution in [3.63, 3.8) is 0 Å². The molecule has 1 aromatic carbocycles. The van der Waals surface area contributed by atoms with Crippen LogP contribution in [0, 0.1) is 30.5 Å². The summed E-state index contributed by atoms with van der Waals surface area (Å²) in [5, 5.41) is 0.0956. The van der Waals surface area contributed by atoms with Crippen molar-refractivity contribution in [3.8, 4) is 22.9 Å². The number of nitrogens with zero attached hydrogens (tertiary/aromatic N) is 6. The number of aromatic nitrogens is 4.